The monoisotopic (exact) mass is 597 g/mol. The zero-order chi connectivity index (χ0) is 31.0. The highest BCUT2D eigenvalue weighted by Crippen LogP contribution is 2.30. The van der Waals surface area contributed by atoms with Gasteiger partial charge in [0.15, 0.2) is 17.4 Å². The standard InChI is InChI=1S/C26H43N7O9/c1-5-32(13-9-11-28-25(39)42-26(2,3)4)12-8-6-7-10-16(34)40-14-15-18(35)19(36)22(41-15)33-20-17(29-24(33)38)21(37)31-23(27)30-20/h15,18-19,22,35-36H,5-14H2,1-4H3,(H,28,39)(H,29,38)(H3,27,30,31,37)/t15-,18?,19?,22-/m0/s1. The van der Waals surface area contributed by atoms with Gasteiger partial charge < -0.3 is 40.4 Å². The number of esters is 1. The van der Waals surface area contributed by atoms with E-state index in [1.807, 2.05) is 20.8 Å². The molecule has 0 radical (unpaired) electrons. The Labute approximate surface area is 242 Å². The summed E-state index contributed by atoms with van der Waals surface area (Å²) >= 11 is 0. The first-order chi connectivity index (χ1) is 19.8. The van der Waals surface area contributed by atoms with Crippen LogP contribution in [0.2, 0.25) is 0 Å². The van der Waals surface area contributed by atoms with Crippen molar-refractivity contribution in [3.63, 3.8) is 0 Å². The molecule has 42 heavy (non-hydrogen) atoms. The maximum atomic E-state index is 12.5. The molecule has 0 aliphatic carbocycles. The van der Waals surface area contributed by atoms with Crippen LogP contribution in [-0.4, -0.2) is 103 Å². The van der Waals surface area contributed by atoms with Gasteiger partial charge in [-0.25, -0.2) is 14.2 Å². The molecule has 0 spiro atoms. The number of nitrogens with zero attached hydrogens (tertiary/aromatic N) is 3. The number of imidazole rings is 1. The van der Waals surface area contributed by atoms with Gasteiger partial charge in [-0.05, 0) is 59.7 Å². The first kappa shape index (κ1) is 33.0. The number of carbonyl (C=O) groups is 2. The van der Waals surface area contributed by atoms with Crippen LogP contribution in [-0.2, 0) is 19.0 Å². The predicted molar refractivity (Wildman–Crippen MR) is 152 cm³/mol. The number of unbranched alkanes of at least 4 members (excludes halogenated alkanes) is 2. The number of nitrogens with two attached hydrogens (primary N) is 1. The van der Waals surface area contributed by atoms with Crippen LogP contribution in [0, 0.1) is 0 Å². The molecule has 2 unspecified atom stereocenters. The van der Waals surface area contributed by atoms with E-state index in [4.69, 9.17) is 19.9 Å². The largest absolute Gasteiger partial charge is 0.463 e. The summed E-state index contributed by atoms with van der Waals surface area (Å²) in [6.45, 7) is 10.3. The number of aromatic amines is 2. The van der Waals surface area contributed by atoms with E-state index in [2.05, 4.69) is 32.1 Å². The van der Waals surface area contributed by atoms with Gasteiger partial charge in [-0.3, -0.25) is 19.6 Å². The zero-order valence-electron chi connectivity index (χ0n) is 24.6. The molecule has 4 atom stereocenters. The average molecular weight is 598 g/mol. The number of anilines is 1. The van der Waals surface area contributed by atoms with Crippen molar-refractivity contribution in [3.8, 4) is 0 Å². The lowest BCUT2D eigenvalue weighted by molar-refractivity contribution is -0.150. The Balaban J connectivity index is 1.36. The summed E-state index contributed by atoms with van der Waals surface area (Å²) in [5, 5.41) is 23.7. The van der Waals surface area contributed by atoms with Gasteiger partial charge in [0.1, 0.15) is 30.5 Å². The fourth-order valence-electron chi connectivity index (χ4n) is 4.61. The Kier molecular flexibility index (Phi) is 11.5. The number of rotatable bonds is 14. The third-order valence-electron chi connectivity index (χ3n) is 6.72. The van der Waals surface area contributed by atoms with E-state index in [0.29, 0.717) is 13.0 Å². The summed E-state index contributed by atoms with van der Waals surface area (Å²) in [6, 6.07) is 0. The third-order valence-corrected chi connectivity index (χ3v) is 6.72. The molecule has 3 heterocycles. The van der Waals surface area contributed by atoms with Gasteiger partial charge in [0.25, 0.3) is 5.56 Å². The van der Waals surface area contributed by atoms with Gasteiger partial charge in [-0.2, -0.15) is 4.98 Å². The smallest absolute Gasteiger partial charge is 0.407 e. The molecular weight excluding hydrogens is 554 g/mol. The number of fused-ring (bicyclic) bond motifs is 1. The Morgan fingerprint density at radius 2 is 1.83 bits per heavy atom. The van der Waals surface area contributed by atoms with Gasteiger partial charge in [-0.1, -0.05) is 13.3 Å². The maximum absolute atomic E-state index is 12.5. The molecule has 2 aromatic rings. The third kappa shape index (κ3) is 9.01. The number of aliphatic hydroxyl groups excluding tert-OH is 2. The number of nitrogens with one attached hydrogen (secondary N) is 3. The van der Waals surface area contributed by atoms with Crippen molar-refractivity contribution in [2.24, 2.45) is 0 Å². The van der Waals surface area contributed by atoms with Crippen molar-refractivity contribution in [1.82, 2.24) is 29.7 Å². The number of hydrogen-bond acceptors (Lipinski definition) is 12. The zero-order valence-corrected chi connectivity index (χ0v) is 24.6. The number of ether oxygens (including phenoxy) is 3. The lowest BCUT2D eigenvalue weighted by Gasteiger charge is -2.21. The normalized spacial score (nSPS) is 20.7. The molecule has 2 aromatic heterocycles. The Bertz CT molecular complexity index is 1320. The number of aliphatic hydroxyl groups is 2. The number of amides is 1. The van der Waals surface area contributed by atoms with Gasteiger partial charge in [0, 0.05) is 13.0 Å². The molecule has 0 aromatic carbocycles. The highest BCUT2D eigenvalue weighted by Gasteiger charge is 2.45. The predicted octanol–water partition coefficient (Wildman–Crippen LogP) is -0.0454. The van der Waals surface area contributed by atoms with Gasteiger partial charge in [0.05, 0.1) is 0 Å². The van der Waals surface area contributed by atoms with Crippen LogP contribution in [0.1, 0.15) is 66.0 Å². The number of alkyl carbamates (subject to hydrolysis) is 1. The second kappa shape index (κ2) is 14.6. The van der Waals surface area contributed by atoms with Crippen LogP contribution in [0.4, 0.5) is 10.7 Å². The molecule has 0 saturated carbocycles. The minimum Gasteiger partial charge on any atom is -0.463 e. The molecule has 1 aliphatic heterocycles. The van der Waals surface area contributed by atoms with Gasteiger partial charge in [0.2, 0.25) is 5.95 Å². The second-order valence-corrected chi connectivity index (χ2v) is 11.2. The van der Waals surface area contributed by atoms with Crippen LogP contribution < -0.4 is 22.3 Å². The van der Waals surface area contributed by atoms with Crippen LogP contribution in [0.25, 0.3) is 11.2 Å². The lowest BCUT2D eigenvalue weighted by Crippen LogP contribution is -2.35. The Morgan fingerprint density at radius 1 is 1.12 bits per heavy atom. The van der Waals surface area contributed by atoms with Crippen molar-refractivity contribution in [3.05, 3.63) is 20.8 Å². The van der Waals surface area contributed by atoms with Crippen molar-refractivity contribution < 1.29 is 34.0 Å². The summed E-state index contributed by atoms with van der Waals surface area (Å²) in [7, 11) is 0. The minimum absolute atomic E-state index is 0.144. The van der Waals surface area contributed by atoms with Crippen LogP contribution in [0.15, 0.2) is 9.59 Å². The summed E-state index contributed by atoms with van der Waals surface area (Å²) < 4.78 is 17.0. The van der Waals surface area contributed by atoms with E-state index in [-0.39, 0.29) is 30.1 Å². The molecule has 1 fully saturated rings. The lowest BCUT2D eigenvalue weighted by atomic mass is 10.1. The highest BCUT2D eigenvalue weighted by molar-refractivity contribution is 5.71. The van der Waals surface area contributed by atoms with Crippen LogP contribution in [0.5, 0.6) is 0 Å². The molecule has 1 amide bonds. The van der Waals surface area contributed by atoms with E-state index >= 15 is 0 Å². The number of H-pyrrole nitrogens is 2. The van der Waals surface area contributed by atoms with E-state index in [1.54, 1.807) is 0 Å². The molecule has 1 aliphatic rings. The van der Waals surface area contributed by atoms with Crippen molar-refractivity contribution in [1.29, 1.82) is 0 Å². The quantitative estimate of drug-likeness (QED) is 0.124. The number of carbonyl (C=O) groups excluding carboxylic acids is 2. The molecule has 3 rings (SSSR count). The average Bonchev–Trinajstić information content (AvgIpc) is 3.37. The maximum Gasteiger partial charge on any atom is 0.407 e. The van der Waals surface area contributed by atoms with Crippen molar-refractivity contribution >= 4 is 29.2 Å². The number of nitrogen functional groups attached to an aromatic ring is 1. The van der Waals surface area contributed by atoms with E-state index in [0.717, 1.165) is 43.5 Å². The minimum atomic E-state index is -1.55. The van der Waals surface area contributed by atoms with Crippen molar-refractivity contribution in [2.45, 2.75) is 89.9 Å². The summed E-state index contributed by atoms with van der Waals surface area (Å²) in [4.78, 5) is 59.3. The van der Waals surface area contributed by atoms with Crippen LogP contribution >= 0.6 is 0 Å². The molecule has 16 heteroatoms. The highest BCUT2D eigenvalue weighted by atomic mass is 16.6. The van der Waals surface area contributed by atoms with Crippen LogP contribution in [0.3, 0.4) is 0 Å². The van der Waals surface area contributed by atoms with Crippen molar-refractivity contribution in [2.75, 3.05) is 38.5 Å². The second-order valence-electron chi connectivity index (χ2n) is 11.2. The van der Waals surface area contributed by atoms with Gasteiger partial charge >= 0.3 is 17.8 Å². The molecular formula is C26H43N7O9. The van der Waals surface area contributed by atoms with E-state index in [1.165, 1.54) is 0 Å². The Morgan fingerprint density at radius 3 is 2.52 bits per heavy atom. The fraction of sp³-hybridized carbons (Fsp3) is 0.731. The molecule has 0 bridgehead atoms. The van der Waals surface area contributed by atoms with E-state index < -0.39 is 53.5 Å². The summed E-state index contributed by atoms with van der Waals surface area (Å²) in [5.41, 5.74) is 3.28. The van der Waals surface area contributed by atoms with E-state index in [9.17, 15) is 29.4 Å². The molecule has 7 N–H and O–H groups in total. The molecule has 1 saturated heterocycles. The number of hydrogen-bond donors (Lipinski definition) is 6. The summed E-state index contributed by atoms with van der Waals surface area (Å²) in [6.07, 6.45) is -2.64. The Hall–Kier alpha value is -3.47. The fourth-order valence-corrected chi connectivity index (χ4v) is 4.61. The SMILES string of the molecule is CCN(CCCCCC(=O)OC[C@@H]1O[C@H](n2c(=O)[nH]c3c(=O)[nH]c(N)nc32)C(O)C1O)CCCNC(=O)OC(C)(C)C. The number of aromatic nitrogens is 4. The van der Waals surface area contributed by atoms with Gasteiger partial charge in [-0.15, -0.1) is 0 Å². The topological polar surface area (TPSA) is 227 Å². The molecule has 236 valence electrons. The first-order valence-electron chi connectivity index (χ1n) is 14.2. The molecule has 16 nitrogen and oxygen atoms in total. The first-order valence-corrected chi connectivity index (χ1v) is 14.2. The summed E-state index contributed by atoms with van der Waals surface area (Å²) in [5.74, 6) is -0.719.